The summed E-state index contributed by atoms with van der Waals surface area (Å²) in [6, 6.07) is 14.0. The maximum atomic E-state index is 10.5. The van der Waals surface area contributed by atoms with E-state index in [-0.39, 0.29) is 0 Å². The normalized spacial score (nSPS) is 13.9. The van der Waals surface area contributed by atoms with Gasteiger partial charge in [-0.25, -0.2) is 0 Å². The van der Waals surface area contributed by atoms with Crippen molar-refractivity contribution in [3.63, 3.8) is 0 Å². The summed E-state index contributed by atoms with van der Waals surface area (Å²) in [5.74, 6) is 0. The van der Waals surface area contributed by atoms with Crippen molar-refractivity contribution in [3.8, 4) is 11.3 Å². The van der Waals surface area contributed by atoms with Crippen molar-refractivity contribution < 1.29 is 5.11 Å². The first-order valence-electron chi connectivity index (χ1n) is 7.21. The molecule has 3 aromatic rings. The molecule has 0 radical (unpaired) electrons. The smallest absolute Gasteiger partial charge is 0.1000 e. The fraction of sp³-hybridized carbons (Fsp3) is 0.235. The minimum Gasteiger partial charge on any atom is -0.384 e. The number of aliphatic hydroxyl groups is 1. The topological polar surface area (TPSA) is 60.9 Å². The lowest BCUT2D eigenvalue weighted by atomic mass is 9.99. The number of hydrogen-bond donors (Lipinski definition) is 3. The first kappa shape index (κ1) is 15.0. The molecular weight excluding hydrogens is 294 g/mol. The molecule has 2 aromatic heterocycles. The van der Waals surface area contributed by atoms with E-state index < -0.39 is 5.60 Å². The van der Waals surface area contributed by atoms with E-state index in [2.05, 4.69) is 15.5 Å². The Kier molecular flexibility index (Phi) is 4.38. The molecule has 0 spiro atoms. The van der Waals surface area contributed by atoms with Crippen LogP contribution in [0.3, 0.4) is 0 Å². The van der Waals surface area contributed by atoms with Gasteiger partial charge in [-0.05, 0) is 35.4 Å². The molecule has 1 aromatic carbocycles. The van der Waals surface area contributed by atoms with Crippen LogP contribution in [0, 0.1) is 0 Å². The molecule has 0 aliphatic heterocycles. The Morgan fingerprint density at radius 3 is 2.82 bits per heavy atom. The molecule has 22 heavy (non-hydrogen) atoms. The molecule has 114 valence electrons. The average Bonchev–Trinajstić information content (AvgIpc) is 3.20. The number of benzene rings is 1. The van der Waals surface area contributed by atoms with E-state index in [1.54, 1.807) is 11.3 Å². The Hall–Kier alpha value is -1.95. The van der Waals surface area contributed by atoms with Gasteiger partial charge in [-0.2, -0.15) is 16.4 Å². The molecule has 2 heterocycles. The van der Waals surface area contributed by atoms with E-state index in [0.29, 0.717) is 13.1 Å². The number of nitrogens with zero attached hydrogens (tertiary/aromatic N) is 1. The van der Waals surface area contributed by atoms with Gasteiger partial charge in [-0.1, -0.05) is 30.3 Å². The van der Waals surface area contributed by atoms with E-state index >= 15 is 0 Å². The standard InChI is InChI=1S/C17H19N3OS/c1-17(21,14-7-8-22-11-14)12-18-10-15-9-16(20-19-15)13-5-3-2-4-6-13/h2-9,11,18,21H,10,12H2,1H3,(H,19,20). The highest BCUT2D eigenvalue weighted by Gasteiger charge is 2.22. The van der Waals surface area contributed by atoms with E-state index in [1.165, 1.54) is 0 Å². The molecule has 0 aliphatic carbocycles. The fourth-order valence-corrected chi connectivity index (χ4v) is 3.11. The van der Waals surface area contributed by atoms with Crippen LogP contribution in [0.2, 0.25) is 0 Å². The summed E-state index contributed by atoms with van der Waals surface area (Å²) in [4.78, 5) is 0. The SMILES string of the molecule is CC(O)(CNCc1cc(-c2ccccc2)n[nH]1)c1ccsc1. The van der Waals surface area contributed by atoms with Crippen molar-refractivity contribution in [2.45, 2.75) is 19.1 Å². The molecule has 0 fully saturated rings. The number of thiophene rings is 1. The van der Waals surface area contributed by atoms with E-state index in [9.17, 15) is 5.11 Å². The monoisotopic (exact) mass is 313 g/mol. The predicted octanol–water partition coefficient (Wildman–Crippen LogP) is 3.14. The largest absolute Gasteiger partial charge is 0.384 e. The minimum absolute atomic E-state index is 0.490. The van der Waals surface area contributed by atoms with Gasteiger partial charge in [0, 0.05) is 24.3 Å². The van der Waals surface area contributed by atoms with Crippen LogP contribution < -0.4 is 5.32 Å². The molecule has 0 aliphatic rings. The zero-order valence-electron chi connectivity index (χ0n) is 12.4. The number of hydrogen-bond acceptors (Lipinski definition) is 4. The van der Waals surface area contributed by atoms with Crippen LogP contribution in [0.4, 0.5) is 0 Å². The minimum atomic E-state index is -0.859. The third-order valence-corrected chi connectivity index (χ3v) is 4.31. The van der Waals surface area contributed by atoms with Crippen LogP contribution in [0.15, 0.2) is 53.2 Å². The van der Waals surface area contributed by atoms with Gasteiger partial charge < -0.3 is 10.4 Å². The summed E-state index contributed by atoms with van der Waals surface area (Å²) in [7, 11) is 0. The molecular formula is C17H19N3OS. The Morgan fingerprint density at radius 2 is 2.09 bits per heavy atom. The van der Waals surface area contributed by atoms with Gasteiger partial charge >= 0.3 is 0 Å². The van der Waals surface area contributed by atoms with Gasteiger partial charge in [-0.3, -0.25) is 5.10 Å². The van der Waals surface area contributed by atoms with Gasteiger partial charge in [0.15, 0.2) is 0 Å². The third-order valence-electron chi connectivity index (χ3n) is 3.63. The average molecular weight is 313 g/mol. The van der Waals surface area contributed by atoms with Gasteiger partial charge in [0.05, 0.1) is 11.3 Å². The highest BCUT2D eigenvalue weighted by molar-refractivity contribution is 7.08. The van der Waals surface area contributed by atoms with Crippen molar-refractivity contribution in [1.29, 1.82) is 0 Å². The Labute approximate surface area is 133 Å². The summed E-state index contributed by atoms with van der Waals surface area (Å²) in [5, 5.41) is 25.0. The number of aromatic amines is 1. The second kappa shape index (κ2) is 6.44. The molecule has 3 rings (SSSR count). The van der Waals surface area contributed by atoms with E-state index in [4.69, 9.17) is 0 Å². The maximum absolute atomic E-state index is 10.5. The second-order valence-electron chi connectivity index (χ2n) is 5.53. The number of rotatable bonds is 6. The molecule has 0 amide bonds. The summed E-state index contributed by atoms with van der Waals surface area (Å²) in [6.45, 7) is 2.95. The molecule has 0 bridgehead atoms. The third kappa shape index (κ3) is 3.44. The molecule has 3 N–H and O–H groups in total. The first-order chi connectivity index (χ1) is 10.6. The Bertz CT molecular complexity index is 705. The van der Waals surface area contributed by atoms with Crippen molar-refractivity contribution in [2.24, 2.45) is 0 Å². The summed E-state index contributed by atoms with van der Waals surface area (Å²) in [5.41, 5.74) is 3.11. The van der Waals surface area contributed by atoms with Crippen LogP contribution in [-0.2, 0) is 12.1 Å². The van der Waals surface area contributed by atoms with Gasteiger partial charge in [0.2, 0.25) is 0 Å². The fourth-order valence-electron chi connectivity index (χ4n) is 2.32. The van der Waals surface area contributed by atoms with Crippen LogP contribution in [0.5, 0.6) is 0 Å². The summed E-state index contributed by atoms with van der Waals surface area (Å²) in [6.07, 6.45) is 0. The van der Waals surface area contributed by atoms with Crippen LogP contribution in [0.25, 0.3) is 11.3 Å². The first-order valence-corrected chi connectivity index (χ1v) is 8.15. The Balaban J connectivity index is 1.58. The van der Waals surface area contributed by atoms with Gasteiger partial charge in [0.25, 0.3) is 0 Å². The number of aromatic nitrogens is 2. The zero-order chi connectivity index (χ0) is 15.4. The summed E-state index contributed by atoms with van der Waals surface area (Å²) >= 11 is 1.59. The lowest BCUT2D eigenvalue weighted by molar-refractivity contribution is 0.0570. The maximum Gasteiger partial charge on any atom is 0.1000 e. The van der Waals surface area contributed by atoms with Crippen LogP contribution in [0.1, 0.15) is 18.2 Å². The summed E-state index contributed by atoms with van der Waals surface area (Å²) < 4.78 is 0. The second-order valence-corrected chi connectivity index (χ2v) is 6.31. The molecule has 1 unspecified atom stereocenters. The lowest BCUT2D eigenvalue weighted by Gasteiger charge is -2.22. The van der Waals surface area contributed by atoms with Crippen molar-refractivity contribution >= 4 is 11.3 Å². The zero-order valence-corrected chi connectivity index (χ0v) is 13.2. The number of nitrogens with one attached hydrogen (secondary N) is 2. The Morgan fingerprint density at radius 1 is 1.27 bits per heavy atom. The number of H-pyrrole nitrogens is 1. The van der Waals surface area contributed by atoms with Crippen LogP contribution in [-0.4, -0.2) is 21.8 Å². The van der Waals surface area contributed by atoms with Crippen molar-refractivity contribution in [1.82, 2.24) is 15.5 Å². The molecule has 1 atom stereocenters. The van der Waals surface area contributed by atoms with Crippen molar-refractivity contribution in [2.75, 3.05) is 6.54 Å². The molecule has 0 saturated carbocycles. The van der Waals surface area contributed by atoms with E-state index in [1.807, 2.05) is 60.1 Å². The van der Waals surface area contributed by atoms with Crippen molar-refractivity contribution in [3.05, 3.63) is 64.5 Å². The van der Waals surface area contributed by atoms with Gasteiger partial charge in [-0.15, -0.1) is 0 Å². The molecule has 0 saturated heterocycles. The van der Waals surface area contributed by atoms with E-state index in [0.717, 1.165) is 22.5 Å². The highest BCUT2D eigenvalue weighted by Crippen LogP contribution is 2.22. The van der Waals surface area contributed by atoms with Crippen LogP contribution >= 0.6 is 11.3 Å². The lowest BCUT2D eigenvalue weighted by Crippen LogP contribution is -2.34. The van der Waals surface area contributed by atoms with Gasteiger partial charge in [0.1, 0.15) is 0 Å². The molecule has 4 nitrogen and oxygen atoms in total. The quantitative estimate of drug-likeness (QED) is 0.655. The predicted molar refractivity (Wildman–Crippen MR) is 89.6 cm³/mol. The molecule has 5 heteroatoms. The highest BCUT2D eigenvalue weighted by atomic mass is 32.1.